The zero-order chi connectivity index (χ0) is 11.1. The fourth-order valence-corrected chi connectivity index (χ4v) is 2.41. The van der Waals surface area contributed by atoms with Gasteiger partial charge >= 0.3 is 5.97 Å². The van der Waals surface area contributed by atoms with Gasteiger partial charge in [-0.15, -0.1) is 0 Å². The molecule has 0 aromatic heterocycles. The first-order chi connectivity index (χ1) is 6.49. The SMILES string of the molecule is COCC(C(=O)O)S(=O)CCC(C)C. The van der Waals surface area contributed by atoms with Crippen LogP contribution in [0, 0.1) is 5.92 Å². The summed E-state index contributed by atoms with van der Waals surface area (Å²) in [6.07, 6.45) is 0.778. The van der Waals surface area contributed by atoms with Crippen molar-refractivity contribution >= 4 is 16.8 Å². The van der Waals surface area contributed by atoms with Crippen molar-refractivity contribution in [2.24, 2.45) is 5.92 Å². The maximum atomic E-state index is 11.5. The summed E-state index contributed by atoms with van der Waals surface area (Å²) in [4.78, 5) is 10.7. The van der Waals surface area contributed by atoms with Crippen LogP contribution in [0.5, 0.6) is 0 Å². The predicted molar refractivity (Wildman–Crippen MR) is 55.8 cm³/mol. The molecule has 0 aromatic carbocycles. The minimum atomic E-state index is -1.33. The molecule has 0 aliphatic carbocycles. The summed E-state index contributed by atoms with van der Waals surface area (Å²) in [6, 6.07) is 0. The van der Waals surface area contributed by atoms with Crippen LogP contribution in [0.1, 0.15) is 20.3 Å². The van der Waals surface area contributed by atoms with Crippen molar-refractivity contribution in [3.8, 4) is 0 Å². The number of ether oxygens (including phenoxy) is 1. The molecule has 5 heteroatoms. The average molecular weight is 222 g/mol. The maximum Gasteiger partial charge on any atom is 0.321 e. The second kappa shape index (κ2) is 6.95. The topological polar surface area (TPSA) is 63.6 Å². The van der Waals surface area contributed by atoms with Gasteiger partial charge in [-0.05, 0) is 12.3 Å². The zero-order valence-electron chi connectivity index (χ0n) is 8.86. The molecule has 0 aliphatic rings. The van der Waals surface area contributed by atoms with E-state index < -0.39 is 22.0 Å². The van der Waals surface area contributed by atoms with Crippen molar-refractivity contribution in [1.82, 2.24) is 0 Å². The summed E-state index contributed by atoms with van der Waals surface area (Å²) in [6.45, 7) is 4.05. The normalized spacial score (nSPS) is 15.4. The van der Waals surface area contributed by atoms with E-state index in [1.165, 1.54) is 7.11 Å². The second-order valence-electron chi connectivity index (χ2n) is 3.55. The molecule has 0 saturated carbocycles. The van der Waals surface area contributed by atoms with E-state index in [2.05, 4.69) is 0 Å². The van der Waals surface area contributed by atoms with Crippen molar-refractivity contribution in [2.75, 3.05) is 19.5 Å². The second-order valence-corrected chi connectivity index (χ2v) is 5.29. The molecule has 2 unspecified atom stereocenters. The van der Waals surface area contributed by atoms with Gasteiger partial charge in [0.15, 0.2) is 5.25 Å². The van der Waals surface area contributed by atoms with Crippen LogP contribution in [0.2, 0.25) is 0 Å². The number of hydrogen-bond acceptors (Lipinski definition) is 3. The lowest BCUT2D eigenvalue weighted by Crippen LogP contribution is -2.32. The highest BCUT2D eigenvalue weighted by Gasteiger charge is 2.24. The highest BCUT2D eigenvalue weighted by Crippen LogP contribution is 2.05. The number of carbonyl (C=O) groups is 1. The Labute approximate surface area is 87.1 Å². The van der Waals surface area contributed by atoms with Gasteiger partial charge in [-0.3, -0.25) is 9.00 Å². The van der Waals surface area contributed by atoms with E-state index in [-0.39, 0.29) is 6.61 Å². The monoisotopic (exact) mass is 222 g/mol. The molecule has 0 aromatic rings. The van der Waals surface area contributed by atoms with Crippen LogP contribution in [0.4, 0.5) is 0 Å². The Morgan fingerprint density at radius 2 is 2.07 bits per heavy atom. The lowest BCUT2D eigenvalue weighted by molar-refractivity contribution is -0.137. The molecule has 14 heavy (non-hydrogen) atoms. The fraction of sp³-hybridized carbons (Fsp3) is 0.889. The van der Waals surface area contributed by atoms with Gasteiger partial charge in [-0.25, -0.2) is 0 Å². The standard InChI is InChI=1S/C9H18O4S/c1-7(2)4-5-14(12)8(6-13-3)9(10)11/h7-8H,4-6H2,1-3H3,(H,10,11). The third kappa shape index (κ3) is 5.34. The Bertz CT molecular complexity index is 203. The van der Waals surface area contributed by atoms with Crippen LogP contribution < -0.4 is 0 Å². The smallest absolute Gasteiger partial charge is 0.321 e. The number of carboxylic acid groups (broad SMARTS) is 1. The predicted octanol–water partition coefficient (Wildman–Crippen LogP) is 0.881. The van der Waals surface area contributed by atoms with Gasteiger partial charge < -0.3 is 9.84 Å². The zero-order valence-corrected chi connectivity index (χ0v) is 9.67. The first-order valence-electron chi connectivity index (χ1n) is 4.58. The highest BCUT2D eigenvalue weighted by molar-refractivity contribution is 7.86. The van der Waals surface area contributed by atoms with E-state index in [9.17, 15) is 9.00 Å². The van der Waals surface area contributed by atoms with Crippen molar-refractivity contribution in [1.29, 1.82) is 0 Å². The van der Waals surface area contributed by atoms with E-state index in [0.29, 0.717) is 11.7 Å². The first kappa shape index (κ1) is 13.6. The van der Waals surface area contributed by atoms with E-state index in [4.69, 9.17) is 9.84 Å². The minimum Gasteiger partial charge on any atom is -0.480 e. The largest absolute Gasteiger partial charge is 0.480 e. The van der Waals surface area contributed by atoms with E-state index >= 15 is 0 Å². The Balaban J connectivity index is 4.09. The molecule has 0 rings (SSSR count). The van der Waals surface area contributed by atoms with Gasteiger partial charge in [0, 0.05) is 23.7 Å². The molecule has 0 aliphatic heterocycles. The van der Waals surface area contributed by atoms with Gasteiger partial charge in [0.05, 0.1) is 6.61 Å². The maximum absolute atomic E-state index is 11.5. The van der Waals surface area contributed by atoms with Crippen LogP contribution in [-0.2, 0) is 20.3 Å². The molecule has 0 fully saturated rings. The average Bonchev–Trinajstić information content (AvgIpc) is 2.09. The van der Waals surface area contributed by atoms with E-state index in [0.717, 1.165) is 6.42 Å². The van der Waals surface area contributed by atoms with E-state index in [1.54, 1.807) is 0 Å². The first-order valence-corrected chi connectivity index (χ1v) is 5.96. The summed E-state index contributed by atoms with van der Waals surface area (Å²) >= 11 is 0. The fourth-order valence-electron chi connectivity index (χ4n) is 0.905. The molecule has 4 nitrogen and oxygen atoms in total. The summed E-state index contributed by atoms with van der Waals surface area (Å²) in [5.41, 5.74) is 0. The molecule has 0 saturated heterocycles. The Hall–Kier alpha value is -0.420. The van der Waals surface area contributed by atoms with Crippen LogP contribution in [0.3, 0.4) is 0 Å². The molecule has 1 N–H and O–H groups in total. The molecule has 0 amide bonds. The number of aliphatic carboxylic acids is 1. The lowest BCUT2D eigenvalue weighted by atomic mass is 10.2. The van der Waals surface area contributed by atoms with Gasteiger partial charge in [-0.1, -0.05) is 13.8 Å². The van der Waals surface area contributed by atoms with Crippen LogP contribution in [-0.4, -0.2) is 40.0 Å². The van der Waals surface area contributed by atoms with Gasteiger partial charge in [-0.2, -0.15) is 0 Å². The third-order valence-electron chi connectivity index (χ3n) is 1.81. The van der Waals surface area contributed by atoms with Crippen LogP contribution >= 0.6 is 0 Å². The summed E-state index contributed by atoms with van der Waals surface area (Å²) in [7, 11) is 0.0794. The Kier molecular flexibility index (Phi) is 6.74. The van der Waals surface area contributed by atoms with Gasteiger partial charge in [0.2, 0.25) is 0 Å². The van der Waals surface area contributed by atoms with Crippen molar-refractivity contribution in [3.63, 3.8) is 0 Å². The lowest BCUT2D eigenvalue weighted by Gasteiger charge is -2.11. The van der Waals surface area contributed by atoms with Crippen molar-refractivity contribution in [2.45, 2.75) is 25.5 Å². The minimum absolute atomic E-state index is 0.0139. The number of carboxylic acids is 1. The highest BCUT2D eigenvalue weighted by atomic mass is 32.2. The van der Waals surface area contributed by atoms with Crippen LogP contribution in [0.15, 0.2) is 0 Å². The third-order valence-corrected chi connectivity index (χ3v) is 3.42. The molecule has 84 valence electrons. The molecule has 2 atom stereocenters. The van der Waals surface area contributed by atoms with Gasteiger partial charge in [0.1, 0.15) is 0 Å². The van der Waals surface area contributed by atoms with Crippen molar-refractivity contribution < 1.29 is 18.8 Å². The van der Waals surface area contributed by atoms with E-state index in [1.807, 2.05) is 13.8 Å². The van der Waals surface area contributed by atoms with Crippen molar-refractivity contribution in [3.05, 3.63) is 0 Å². The molecule has 0 heterocycles. The number of rotatable bonds is 7. The molecular weight excluding hydrogens is 204 g/mol. The molecule has 0 spiro atoms. The van der Waals surface area contributed by atoms with Gasteiger partial charge in [0.25, 0.3) is 0 Å². The Morgan fingerprint density at radius 3 is 2.43 bits per heavy atom. The Morgan fingerprint density at radius 1 is 1.50 bits per heavy atom. The summed E-state index contributed by atoms with van der Waals surface area (Å²) < 4.78 is 16.2. The quantitative estimate of drug-likeness (QED) is 0.694. The molecular formula is C9H18O4S. The molecule has 0 radical (unpaired) electrons. The number of methoxy groups -OCH3 is 1. The number of hydrogen-bond donors (Lipinski definition) is 1. The summed E-state index contributed by atoms with van der Waals surface area (Å²) in [5.74, 6) is -0.178. The summed E-state index contributed by atoms with van der Waals surface area (Å²) in [5, 5.41) is 7.88. The van der Waals surface area contributed by atoms with Crippen LogP contribution in [0.25, 0.3) is 0 Å². The molecule has 0 bridgehead atoms.